The molecule has 0 aromatic heterocycles. The maximum atomic E-state index is 14.0. The summed E-state index contributed by atoms with van der Waals surface area (Å²) in [5.74, 6) is 0. The molecule has 25 heavy (non-hydrogen) atoms. The van der Waals surface area contributed by atoms with Crippen molar-refractivity contribution in [3.63, 3.8) is 0 Å². The zero-order valence-electron chi connectivity index (χ0n) is 13.0. The molecule has 0 heterocycles. The predicted molar refractivity (Wildman–Crippen MR) is 101 cm³/mol. The van der Waals surface area contributed by atoms with Gasteiger partial charge in [0.1, 0.15) is 0 Å². The number of alkyl halides is 6. The molecule has 2 aromatic rings. The topological polar surface area (TPSA) is 0 Å². The lowest BCUT2D eigenvalue weighted by molar-refractivity contribution is -0.288. The summed E-state index contributed by atoms with van der Waals surface area (Å²) >= 11 is 3.48. The molecule has 0 aliphatic carbocycles. The second-order valence-corrected chi connectivity index (χ2v) is 8.00. The van der Waals surface area contributed by atoms with Crippen molar-refractivity contribution in [2.45, 2.75) is 31.6 Å². The first-order chi connectivity index (χ1) is 11.3. The van der Waals surface area contributed by atoms with Crippen LogP contribution in [0.25, 0.3) is 0 Å². The molecule has 0 saturated heterocycles. The lowest BCUT2D eigenvalue weighted by Crippen LogP contribution is -2.54. The zero-order valence-corrected chi connectivity index (χ0v) is 17.3. The summed E-state index contributed by atoms with van der Waals surface area (Å²) in [4.78, 5) is 0. The summed E-state index contributed by atoms with van der Waals surface area (Å²) in [5, 5.41) is 0. The van der Waals surface area contributed by atoms with Crippen molar-refractivity contribution in [3.05, 3.63) is 65.8 Å². The maximum Gasteiger partial charge on any atom is 0.411 e. The third-order valence-corrected chi connectivity index (χ3v) is 6.38. The van der Waals surface area contributed by atoms with E-state index in [4.69, 9.17) is 0 Å². The molecule has 0 unspecified atom stereocenters. The van der Waals surface area contributed by atoms with E-state index in [1.54, 1.807) is 59.0 Å². The van der Waals surface area contributed by atoms with E-state index < -0.39 is 28.9 Å². The van der Waals surface area contributed by atoms with Gasteiger partial charge in [0, 0.05) is 7.14 Å². The van der Waals surface area contributed by atoms with Gasteiger partial charge in [-0.15, -0.1) is 0 Å². The molecule has 0 aliphatic heterocycles. The van der Waals surface area contributed by atoms with Gasteiger partial charge >= 0.3 is 12.4 Å². The Morgan fingerprint density at radius 1 is 0.640 bits per heavy atom. The van der Waals surface area contributed by atoms with Gasteiger partial charge in [-0.1, -0.05) is 24.3 Å². The van der Waals surface area contributed by atoms with Gasteiger partial charge in [0.15, 0.2) is 0 Å². The average molecular weight is 584 g/mol. The summed E-state index contributed by atoms with van der Waals surface area (Å²) in [6.07, 6.45) is -11.1. The largest absolute Gasteiger partial charge is 0.411 e. The van der Waals surface area contributed by atoms with Gasteiger partial charge in [-0.3, -0.25) is 0 Å². The zero-order chi connectivity index (χ0) is 19.2. The molecule has 0 aliphatic rings. The lowest BCUT2D eigenvalue weighted by atomic mass is 9.72. The van der Waals surface area contributed by atoms with Crippen molar-refractivity contribution in [1.29, 1.82) is 0 Å². The quantitative estimate of drug-likeness (QED) is 0.266. The molecular formula is C17H12F6I2. The molecule has 0 radical (unpaired) electrons. The first-order valence-corrected chi connectivity index (χ1v) is 9.15. The smallest absolute Gasteiger partial charge is 0.169 e. The highest BCUT2D eigenvalue weighted by Crippen LogP contribution is 2.56. The fourth-order valence-electron chi connectivity index (χ4n) is 2.63. The molecule has 136 valence electrons. The van der Waals surface area contributed by atoms with Crippen LogP contribution in [0.4, 0.5) is 26.3 Å². The van der Waals surface area contributed by atoms with Crippen LogP contribution in [0.3, 0.4) is 0 Å². The molecule has 0 nitrogen and oxygen atoms in total. The van der Waals surface area contributed by atoms with Gasteiger partial charge in [-0.2, -0.15) is 26.3 Å². The first kappa shape index (κ1) is 20.8. The van der Waals surface area contributed by atoms with Gasteiger partial charge in [0.05, 0.1) is 0 Å². The fourth-order valence-corrected chi connectivity index (χ4v) is 3.66. The van der Waals surface area contributed by atoms with Crippen molar-refractivity contribution in [2.75, 3.05) is 0 Å². The van der Waals surface area contributed by atoms with E-state index in [1.807, 2.05) is 0 Å². The van der Waals surface area contributed by atoms with Crippen LogP contribution in [0.1, 0.15) is 22.3 Å². The second-order valence-electron chi connectivity index (χ2n) is 5.67. The Morgan fingerprint density at radius 2 is 0.960 bits per heavy atom. The Bertz CT molecular complexity index is 725. The number of rotatable bonds is 2. The van der Waals surface area contributed by atoms with E-state index in [0.29, 0.717) is 18.3 Å². The molecule has 0 N–H and O–H groups in total. The number of halogens is 8. The molecule has 2 rings (SSSR count). The Labute approximate surface area is 168 Å². The number of aryl methyl sites for hydroxylation is 2. The van der Waals surface area contributed by atoms with Crippen LogP contribution in [0.15, 0.2) is 36.4 Å². The number of hydrogen-bond donors (Lipinski definition) is 0. The highest BCUT2D eigenvalue weighted by molar-refractivity contribution is 14.1. The fraction of sp³-hybridized carbons (Fsp3) is 0.294. The third kappa shape index (κ3) is 3.52. The van der Waals surface area contributed by atoms with Gasteiger partial charge in [0.2, 0.25) is 5.41 Å². The van der Waals surface area contributed by atoms with E-state index in [-0.39, 0.29) is 0 Å². The first-order valence-electron chi connectivity index (χ1n) is 6.99. The van der Waals surface area contributed by atoms with Crippen molar-refractivity contribution < 1.29 is 26.3 Å². The number of benzene rings is 2. The van der Waals surface area contributed by atoms with Crippen LogP contribution in [0.2, 0.25) is 0 Å². The molecule has 0 fully saturated rings. The van der Waals surface area contributed by atoms with Crippen LogP contribution in [-0.4, -0.2) is 12.4 Å². The van der Waals surface area contributed by atoms with Crippen LogP contribution < -0.4 is 0 Å². The third-order valence-electron chi connectivity index (χ3n) is 4.06. The van der Waals surface area contributed by atoms with Crippen molar-refractivity contribution >= 4 is 45.2 Å². The molecular weight excluding hydrogens is 572 g/mol. The normalized spacial score (nSPS) is 13.2. The van der Waals surface area contributed by atoms with Gasteiger partial charge in [0.25, 0.3) is 0 Å². The van der Waals surface area contributed by atoms with E-state index in [0.717, 1.165) is 24.3 Å². The summed E-state index contributed by atoms with van der Waals surface area (Å²) in [7, 11) is 0. The summed E-state index contributed by atoms with van der Waals surface area (Å²) in [6, 6.07) is 6.30. The minimum absolute atomic E-state index is 0.342. The van der Waals surface area contributed by atoms with Crippen LogP contribution in [0.5, 0.6) is 0 Å². The highest BCUT2D eigenvalue weighted by Gasteiger charge is 2.72. The van der Waals surface area contributed by atoms with Gasteiger partial charge in [-0.25, -0.2) is 0 Å². The molecule has 0 spiro atoms. The van der Waals surface area contributed by atoms with E-state index in [2.05, 4.69) is 0 Å². The van der Waals surface area contributed by atoms with Crippen molar-refractivity contribution in [1.82, 2.24) is 0 Å². The second kappa shape index (κ2) is 6.90. The number of hydrogen-bond acceptors (Lipinski definition) is 0. The highest BCUT2D eigenvalue weighted by atomic mass is 127. The Kier molecular flexibility index (Phi) is 5.73. The summed E-state index contributed by atoms with van der Waals surface area (Å²) in [5.41, 5.74) is -4.52. The molecule has 0 bridgehead atoms. The van der Waals surface area contributed by atoms with E-state index >= 15 is 0 Å². The molecule has 2 aromatic carbocycles. The lowest BCUT2D eigenvalue weighted by Gasteiger charge is -2.38. The van der Waals surface area contributed by atoms with Crippen LogP contribution in [0, 0.1) is 21.0 Å². The minimum atomic E-state index is -5.55. The van der Waals surface area contributed by atoms with Crippen molar-refractivity contribution in [3.8, 4) is 0 Å². The van der Waals surface area contributed by atoms with Gasteiger partial charge < -0.3 is 0 Å². The summed E-state index contributed by atoms with van der Waals surface area (Å²) in [6.45, 7) is 3.26. The molecule has 0 atom stereocenters. The Hall–Kier alpha value is -0.520. The Morgan fingerprint density at radius 3 is 1.20 bits per heavy atom. The average Bonchev–Trinajstić information content (AvgIpc) is 2.44. The van der Waals surface area contributed by atoms with Crippen LogP contribution >= 0.6 is 45.2 Å². The maximum absolute atomic E-state index is 14.0. The molecule has 8 heteroatoms. The van der Waals surface area contributed by atoms with Crippen molar-refractivity contribution in [2.24, 2.45) is 0 Å². The minimum Gasteiger partial charge on any atom is -0.169 e. The standard InChI is InChI=1S/C17H12F6I2/c1-9-3-5-11(7-13(9)24)15(16(18,19)20,17(21,22)23)12-6-4-10(2)14(25)8-12/h3-8H,1-2H3. The molecule has 0 saturated carbocycles. The monoisotopic (exact) mass is 584 g/mol. The molecule has 0 amide bonds. The Balaban J connectivity index is 2.96. The van der Waals surface area contributed by atoms with Crippen LogP contribution in [-0.2, 0) is 5.41 Å². The van der Waals surface area contributed by atoms with E-state index in [1.165, 1.54) is 12.1 Å². The summed E-state index contributed by atoms with van der Waals surface area (Å²) < 4.78 is 84.6. The SMILES string of the molecule is Cc1ccc(C(c2ccc(C)c(I)c2)(C(F)(F)F)C(F)(F)F)cc1I. The van der Waals surface area contributed by atoms with Gasteiger partial charge in [-0.05, 0) is 93.4 Å². The predicted octanol–water partition coefficient (Wildman–Crippen LogP) is 6.92. The van der Waals surface area contributed by atoms with E-state index in [9.17, 15) is 26.3 Å².